The fraction of sp³-hybridized carbons (Fsp3) is 0.333. The topological polar surface area (TPSA) is 19.6 Å². The monoisotopic (exact) mass is 1020 g/mol. The molecule has 2 aromatic heterocycles. The van der Waals surface area contributed by atoms with E-state index >= 15 is 0 Å². The van der Waals surface area contributed by atoms with Crippen LogP contribution in [0.5, 0.6) is 0 Å². The highest BCUT2D eigenvalue weighted by Gasteiger charge is 2.55. The van der Waals surface area contributed by atoms with Gasteiger partial charge in [-0.25, -0.2) is 0 Å². The first-order valence-electron chi connectivity index (χ1n) is 29.6. The number of furan rings is 1. The molecule has 0 atom stereocenters. The van der Waals surface area contributed by atoms with Crippen LogP contribution in [-0.4, -0.2) is 6.85 Å². The Morgan fingerprint density at radius 2 is 1.12 bits per heavy atom. The molecule has 5 heteroatoms. The zero-order valence-electron chi connectivity index (χ0n) is 44.7. The maximum Gasteiger partial charge on any atom is 0.343 e. The molecule has 20 rings (SSSR count). The predicted molar refractivity (Wildman–Crippen MR) is 324 cm³/mol. The molecule has 10 aromatic rings. The van der Waals surface area contributed by atoms with E-state index in [0.29, 0.717) is 5.41 Å². The number of anilines is 5. The van der Waals surface area contributed by atoms with Crippen molar-refractivity contribution < 1.29 is 4.42 Å². The maximum absolute atomic E-state index is 7.40. The summed E-state index contributed by atoms with van der Waals surface area (Å²) >= 11 is 2.01. The Morgan fingerprint density at radius 1 is 0.519 bits per heavy atom. The number of hydrogen-bond donors (Lipinski definition) is 0. The minimum absolute atomic E-state index is 0.0359. The normalized spacial score (nSPS) is 27.3. The van der Waals surface area contributed by atoms with Crippen molar-refractivity contribution in [3.63, 3.8) is 0 Å². The Hall–Kier alpha value is -6.56. The van der Waals surface area contributed by atoms with E-state index < -0.39 is 0 Å². The van der Waals surface area contributed by atoms with E-state index in [1.165, 1.54) is 175 Å². The van der Waals surface area contributed by atoms with Gasteiger partial charge in [0.05, 0.1) is 11.4 Å². The molecule has 4 heterocycles. The molecule has 0 saturated heterocycles. The van der Waals surface area contributed by atoms with Gasteiger partial charge < -0.3 is 14.1 Å². The van der Waals surface area contributed by atoms with Gasteiger partial charge in [-0.05, 0) is 228 Å². The molecule has 0 radical (unpaired) electrons. The van der Waals surface area contributed by atoms with Gasteiger partial charge in [0.1, 0.15) is 11.2 Å². The van der Waals surface area contributed by atoms with E-state index in [2.05, 4.69) is 188 Å². The van der Waals surface area contributed by atoms with Gasteiger partial charge in [0, 0.05) is 59.4 Å². The Kier molecular flexibility index (Phi) is 9.00. The van der Waals surface area contributed by atoms with Gasteiger partial charge in [0.2, 0.25) is 0 Å². The lowest BCUT2D eigenvalue weighted by molar-refractivity contribution is -0.00528. The lowest BCUT2D eigenvalue weighted by Gasteiger charge is -2.57. The second-order valence-corrected chi connectivity index (χ2v) is 28.4. The zero-order valence-corrected chi connectivity index (χ0v) is 45.6. The molecule has 0 N–H and O–H groups in total. The first-order chi connectivity index (χ1) is 37.6. The summed E-state index contributed by atoms with van der Waals surface area (Å²) in [5.74, 6) is 5.29. The molecule has 378 valence electrons. The van der Waals surface area contributed by atoms with Crippen LogP contribution < -0.4 is 20.0 Å². The summed E-state index contributed by atoms with van der Waals surface area (Å²) in [5.41, 5.74) is 19.8. The predicted octanol–water partition coefficient (Wildman–Crippen LogP) is 18.6. The summed E-state index contributed by atoms with van der Waals surface area (Å²) < 4.78 is 10.1. The molecule has 2 aliphatic heterocycles. The Bertz CT molecular complexity index is 4070. The molecule has 8 aromatic carbocycles. The van der Waals surface area contributed by atoms with Crippen molar-refractivity contribution in [2.45, 2.75) is 114 Å². The highest BCUT2D eigenvalue weighted by Crippen LogP contribution is 2.64. The minimum Gasteiger partial charge on any atom is -0.455 e. The summed E-state index contributed by atoms with van der Waals surface area (Å²) in [4.78, 5) is 5.55. The van der Waals surface area contributed by atoms with Crippen LogP contribution in [0.3, 0.4) is 0 Å². The third kappa shape index (κ3) is 6.33. The Morgan fingerprint density at radius 3 is 1.79 bits per heavy atom. The van der Waals surface area contributed by atoms with Gasteiger partial charge in [-0.1, -0.05) is 118 Å². The quantitative estimate of drug-likeness (QED) is 0.160. The van der Waals surface area contributed by atoms with Crippen molar-refractivity contribution in [2.75, 3.05) is 9.71 Å². The van der Waals surface area contributed by atoms with Gasteiger partial charge >= 0.3 is 6.85 Å². The molecular formula is C72H65BN2OS. The van der Waals surface area contributed by atoms with Crippen LogP contribution in [0.25, 0.3) is 65.1 Å². The summed E-state index contributed by atoms with van der Waals surface area (Å²) in [5, 5.41) is 6.25. The number of fused-ring (bicyclic) bond motifs is 11. The number of nitrogens with zero attached hydrogens (tertiary/aromatic N) is 2. The standard InChI is InChI=1S/C72H65BN2OS/c1-70(2,3)52-19-23-60(56(33-52)48-11-5-4-6-12-48)74-62-35-57-55-15-9-10-16-63(55)76-68(57)65-58-34-53(72-39-45-28-46(40-72)30-47(29-45)41-72)20-24-61(58)75(54-21-17-51(18-22-54)71-36-42-25-43(37-71)27-44(26-42)38-71)73(66(62)65)69-67(74)59-31-49-13-7-8-14-50(49)32-64(59)77-69/h4-24,31-35,42-47H,25-30,36-41H2,1-3H3. The van der Waals surface area contributed by atoms with Gasteiger partial charge in [-0.3, -0.25) is 0 Å². The van der Waals surface area contributed by atoms with Crippen LogP contribution >= 0.6 is 11.3 Å². The van der Waals surface area contributed by atoms with Gasteiger partial charge in [0.25, 0.3) is 0 Å². The summed E-state index contributed by atoms with van der Waals surface area (Å²) in [6, 6.07) is 62.2. The number of hydrogen-bond acceptors (Lipinski definition) is 4. The van der Waals surface area contributed by atoms with E-state index in [-0.39, 0.29) is 17.7 Å². The fourth-order valence-corrected chi connectivity index (χ4v) is 20.5. The number of rotatable bonds is 5. The number of para-hydroxylation sites is 1. The Labute approximate surface area is 457 Å². The second kappa shape index (κ2) is 15.6. The average Bonchev–Trinajstić information content (AvgIpc) is 4.10. The van der Waals surface area contributed by atoms with E-state index in [1.807, 2.05) is 11.3 Å². The highest BCUT2D eigenvalue weighted by molar-refractivity contribution is 7.32. The molecule has 8 saturated carbocycles. The van der Waals surface area contributed by atoms with Crippen molar-refractivity contribution in [2.24, 2.45) is 35.5 Å². The molecule has 77 heavy (non-hydrogen) atoms. The molecule has 8 bridgehead atoms. The second-order valence-electron chi connectivity index (χ2n) is 27.3. The van der Waals surface area contributed by atoms with Gasteiger partial charge in [-0.15, -0.1) is 11.3 Å². The SMILES string of the molecule is CC(C)(C)c1ccc(N2c3cc4c(oc5ccccc54)c4c3B(c3sc5cc6ccccc6cc5c32)N(c2ccc(C35CC6CC(CC(C6)C3)C5)cc2)c2ccc(C35CC6CC(CC(C6)C3)C5)cc2-4)c(-c2ccccc2)c1. The van der Waals surface area contributed by atoms with Crippen molar-refractivity contribution in [1.82, 2.24) is 0 Å². The molecule has 0 spiro atoms. The van der Waals surface area contributed by atoms with E-state index in [1.54, 1.807) is 11.1 Å². The van der Waals surface area contributed by atoms with Crippen LogP contribution in [0.4, 0.5) is 28.4 Å². The third-order valence-electron chi connectivity index (χ3n) is 21.6. The molecule has 10 aliphatic rings. The minimum atomic E-state index is -0.110. The van der Waals surface area contributed by atoms with Crippen molar-refractivity contribution in [3.05, 3.63) is 174 Å². The largest absolute Gasteiger partial charge is 0.455 e. The summed E-state index contributed by atoms with van der Waals surface area (Å²) in [6.45, 7) is 6.95. The number of thiophene rings is 1. The van der Waals surface area contributed by atoms with E-state index in [4.69, 9.17) is 4.42 Å². The first kappa shape index (κ1) is 44.4. The lowest BCUT2D eigenvalue weighted by Crippen LogP contribution is -2.60. The summed E-state index contributed by atoms with van der Waals surface area (Å²) in [7, 11) is 0. The molecule has 8 fully saturated rings. The van der Waals surface area contributed by atoms with Gasteiger partial charge in [0.15, 0.2) is 0 Å². The third-order valence-corrected chi connectivity index (χ3v) is 22.8. The van der Waals surface area contributed by atoms with Crippen LogP contribution in [0.15, 0.2) is 162 Å². The summed E-state index contributed by atoms with van der Waals surface area (Å²) in [6.07, 6.45) is 16.9. The smallest absolute Gasteiger partial charge is 0.343 e. The fourth-order valence-electron chi connectivity index (χ4n) is 19.2. The average molecular weight is 1020 g/mol. The van der Waals surface area contributed by atoms with Crippen molar-refractivity contribution >= 4 is 99.7 Å². The van der Waals surface area contributed by atoms with Crippen LogP contribution in [0.1, 0.15) is 115 Å². The van der Waals surface area contributed by atoms with Gasteiger partial charge in [-0.2, -0.15) is 0 Å². The molecule has 0 amide bonds. The molecule has 0 unspecified atom stereocenters. The molecular weight excluding hydrogens is 952 g/mol. The first-order valence-corrected chi connectivity index (χ1v) is 30.4. The van der Waals surface area contributed by atoms with Crippen LogP contribution in [0, 0.1) is 35.5 Å². The van der Waals surface area contributed by atoms with Crippen LogP contribution in [-0.2, 0) is 16.2 Å². The lowest BCUT2D eigenvalue weighted by atomic mass is 9.45. The maximum atomic E-state index is 7.40. The molecule has 8 aliphatic carbocycles. The molecule has 3 nitrogen and oxygen atoms in total. The van der Waals surface area contributed by atoms with E-state index in [0.717, 1.165) is 46.7 Å². The van der Waals surface area contributed by atoms with E-state index in [9.17, 15) is 0 Å². The van der Waals surface area contributed by atoms with Crippen molar-refractivity contribution in [1.29, 1.82) is 0 Å². The highest BCUT2D eigenvalue weighted by atomic mass is 32.1. The Balaban J connectivity index is 0.953. The number of benzene rings is 8. The van der Waals surface area contributed by atoms with Crippen molar-refractivity contribution in [3.8, 4) is 22.3 Å². The van der Waals surface area contributed by atoms with Crippen LogP contribution in [0.2, 0.25) is 0 Å². The zero-order chi connectivity index (χ0) is 50.7.